The van der Waals surface area contributed by atoms with Crippen LogP contribution in [-0.2, 0) is 27.3 Å². The maximum absolute atomic E-state index is 11.7. The van der Waals surface area contributed by atoms with E-state index >= 15 is 0 Å². The lowest BCUT2D eigenvalue weighted by Crippen LogP contribution is -2.28. The van der Waals surface area contributed by atoms with Crippen molar-refractivity contribution >= 4 is 34.2 Å². The maximum atomic E-state index is 11.7. The van der Waals surface area contributed by atoms with Crippen LogP contribution in [0.2, 0.25) is 0 Å². The number of phosphoric acid groups is 1. The van der Waals surface area contributed by atoms with Crippen LogP contribution in [-0.4, -0.2) is 49.3 Å². The Balaban J connectivity index is 1.64. The van der Waals surface area contributed by atoms with Crippen LogP contribution in [0.15, 0.2) is 17.4 Å². The fourth-order valence-electron chi connectivity index (χ4n) is 2.69. The molecule has 0 saturated carbocycles. The van der Waals surface area contributed by atoms with Gasteiger partial charge in [-0.2, -0.15) is 0 Å². The first-order valence-corrected chi connectivity index (χ1v) is 12.9. The van der Waals surface area contributed by atoms with E-state index in [1.165, 1.54) is 10.9 Å². The van der Waals surface area contributed by atoms with Gasteiger partial charge in [-0.25, -0.2) is 9.97 Å². The van der Waals surface area contributed by atoms with Crippen molar-refractivity contribution in [3.05, 3.63) is 23.0 Å². The molecular formula is C11H13N4O12P3-4. The third kappa shape index (κ3) is 5.69. The fourth-order valence-corrected chi connectivity index (χ4v) is 6.79. The molecular weight excluding hydrogens is 473 g/mol. The summed E-state index contributed by atoms with van der Waals surface area (Å²) < 4.78 is 48.3. The number of imidazole rings is 1. The van der Waals surface area contributed by atoms with E-state index in [-0.39, 0.29) is 17.6 Å². The molecule has 2 unspecified atom stereocenters. The summed E-state index contributed by atoms with van der Waals surface area (Å²) in [7, 11) is -16.8. The Morgan fingerprint density at radius 1 is 1.27 bits per heavy atom. The van der Waals surface area contributed by atoms with Gasteiger partial charge < -0.3 is 48.1 Å². The number of hydrogen-bond acceptors (Lipinski definition) is 14. The van der Waals surface area contributed by atoms with Crippen LogP contribution < -0.4 is 25.1 Å². The highest BCUT2D eigenvalue weighted by atomic mass is 31.3. The summed E-state index contributed by atoms with van der Waals surface area (Å²) in [6, 6.07) is 0. The number of aromatic nitrogens is 4. The van der Waals surface area contributed by atoms with Crippen LogP contribution in [0, 0.1) is 0 Å². The van der Waals surface area contributed by atoms with Crippen molar-refractivity contribution in [1.82, 2.24) is 19.5 Å². The number of phosphoric ester groups is 1. The van der Waals surface area contributed by atoms with Gasteiger partial charge in [-0.15, -0.1) is 0 Å². The molecule has 0 aliphatic carbocycles. The van der Waals surface area contributed by atoms with Gasteiger partial charge in [-0.05, 0) is 0 Å². The Morgan fingerprint density at radius 2 is 1.97 bits per heavy atom. The predicted octanol–water partition coefficient (Wildman–Crippen LogP) is -3.31. The normalized spacial score (nSPS) is 26.5. The van der Waals surface area contributed by atoms with Crippen molar-refractivity contribution in [2.75, 3.05) is 12.5 Å². The van der Waals surface area contributed by atoms with Crippen LogP contribution in [0.4, 0.5) is 0 Å². The lowest BCUT2D eigenvalue weighted by molar-refractivity contribution is -0.312. The molecule has 1 aliphatic heterocycles. The molecule has 0 spiro atoms. The quantitative estimate of drug-likeness (QED) is 0.347. The number of hydrogen-bond donors (Lipinski definition) is 2. The van der Waals surface area contributed by atoms with Gasteiger partial charge in [-0.3, -0.25) is 18.2 Å². The average molecular weight is 486 g/mol. The Hall–Kier alpha value is -1.28. The highest BCUT2D eigenvalue weighted by Gasteiger charge is 2.37. The first-order valence-electron chi connectivity index (χ1n) is 7.98. The van der Waals surface area contributed by atoms with Gasteiger partial charge in [0.05, 0.1) is 25.4 Å². The molecule has 168 valence electrons. The van der Waals surface area contributed by atoms with Gasteiger partial charge in [0.25, 0.3) is 13.4 Å². The fraction of sp³-hybridized carbons (Fsp3) is 0.545. The molecule has 2 aromatic rings. The Bertz CT molecular complexity index is 1130. The summed E-state index contributed by atoms with van der Waals surface area (Å²) in [5, 5.41) is 10.1. The zero-order valence-electron chi connectivity index (χ0n) is 14.6. The first kappa shape index (κ1) is 23.4. The zero-order valence-corrected chi connectivity index (χ0v) is 17.3. The van der Waals surface area contributed by atoms with Crippen molar-refractivity contribution in [1.29, 1.82) is 0 Å². The van der Waals surface area contributed by atoms with Crippen molar-refractivity contribution in [3.8, 4) is 0 Å². The summed E-state index contributed by atoms with van der Waals surface area (Å²) in [6.45, 7) is -0.883. The molecule has 19 heteroatoms. The second kappa shape index (κ2) is 8.34. The standard InChI is InChI=1S/C11H17N4O12P3/c16-6-1-8(15-4-14-9-10(15)12-3-13-11(9)17)26-7(6)2-25-30(23,24)27-29(21,22)5-28(18,19)20/h3-4,6-8,16H,1-2,5H2,(H,21,22)(H,23,24)(H,12,13,17)(H2,18,19,20)/p-4/t6-,7+,8+/m0/s1. The number of H-pyrrole nitrogens is 1. The molecule has 1 saturated heterocycles. The molecule has 0 bridgehead atoms. The number of aromatic amines is 1. The molecule has 30 heavy (non-hydrogen) atoms. The molecule has 0 radical (unpaired) electrons. The van der Waals surface area contributed by atoms with Crippen LogP contribution in [0.3, 0.4) is 0 Å². The third-order valence-corrected chi connectivity index (χ3v) is 8.88. The van der Waals surface area contributed by atoms with E-state index in [0.29, 0.717) is 0 Å². The summed E-state index contributed by atoms with van der Waals surface area (Å²) in [6.07, 6.45) is -1.16. The van der Waals surface area contributed by atoms with Gasteiger partial charge in [-0.1, -0.05) is 7.60 Å². The average Bonchev–Trinajstić information content (AvgIpc) is 3.14. The maximum Gasteiger partial charge on any atom is 0.278 e. The monoisotopic (exact) mass is 486 g/mol. The summed E-state index contributed by atoms with van der Waals surface area (Å²) >= 11 is 0. The molecule has 16 nitrogen and oxygen atoms in total. The number of fused-ring (bicyclic) bond motifs is 1. The van der Waals surface area contributed by atoms with Crippen molar-refractivity contribution in [2.45, 2.75) is 24.9 Å². The summed E-state index contributed by atoms with van der Waals surface area (Å²) in [5.74, 6) is -2.06. The van der Waals surface area contributed by atoms with E-state index < -0.39 is 59.5 Å². The second-order valence-electron chi connectivity index (χ2n) is 6.18. The number of aliphatic hydroxyl groups is 1. The van der Waals surface area contributed by atoms with Crippen LogP contribution >= 0.6 is 23.0 Å². The van der Waals surface area contributed by atoms with Crippen LogP contribution in [0.1, 0.15) is 12.6 Å². The first-order chi connectivity index (χ1) is 13.8. The Labute approximate surface area is 166 Å². The molecule has 5 atom stereocenters. The minimum atomic E-state index is -5.60. The van der Waals surface area contributed by atoms with Gasteiger partial charge in [0.2, 0.25) is 0 Å². The number of aliphatic hydroxyl groups excluding tert-OH is 1. The SMILES string of the molecule is O=c1[nH]cnc2c1ncn2[C@H]1C[C@H](O)[C@@H](COP(=O)([O-])OP(=O)([O-])CP(=O)([O-])[O-])O1. The molecule has 1 fully saturated rings. The minimum Gasteiger partial charge on any atom is -0.810 e. The molecule has 2 N–H and O–H groups in total. The second-order valence-corrected chi connectivity index (χ2v) is 11.6. The lowest BCUT2D eigenvalue weighted by Gasteiger charge is -2.38. The van der Waals surface area contributed by atoms with E-state index in [4.69, 9.17) is 4.74 Å². The van der Waals surface area contributed by atoms with Gasteiger partial charge in [0.15, 0.2) is 11.2 Å². The lowest BCUT2D eigenvalue weighted by atomic mass is 10.2. The topological polar surface area (TPSA) is 255 Å². The van der Waals surface area contributed by atoms with Gasteiger partial charge >= 0.3 is 0 Å². The van der Waals surface area contributed by atoms with Gasteiger partial charge in [0.1, 0.15) is 19.9 Å². The molecule has 0 amide bonds. The minimum absolute atomic E-state index is 0.00739. The number of ether oxygens (including phenoxy) is 1. The number of rotatable bonds is 8. The van der Waals surface area contributed by atoms with E-state index in [0.717, 1.165) is 6.33 Å². The Morgan fingerprint density at radius 3 is 2.63 bits per heavy atom. The molecule has 3 heterocycles. The predicted molar refractivity (Wildman–Crippen MR) is 87.4 cm³/mol. The van der Waals surface area contributed by atoms with Crippen molar-refractivity contribution < 1.29 is 51.9 Å². The summed E-state index contributed by atoms with van der Waals surface area (Å²) in [5.41, 5.74) is -0.361. The summed E-state index contributed by atoms with van der Waals surface area (Å²) in [4.78, 5) is 65.8. The molecule has 0 aromatic carbocycles. The van der Waals surface area contributed by atoms with E-state index in [1.807, 2.05) is 0 Å². The van der Waals surface area contributed by atoms with Crippen molar-refractivity contribution in [3.63, 3.8) is 0 Å². The highest BCUT2D eigenvalue weighted by molar-refractivity contribution is 7.71. The van der Waals surface area contributed by atoms with E-state index in [2.05, 4.69) is 23.8 Å². The van der Waals surface area contributed by atoms with E-state index in [1.54, 1.807) is 0 Å². The van der Waals surface area contributed by atoms with E-state index in [9.17, 15) is 43.2 Å². The largest absolute Gasteiger partial charge is 0.810 e. The smallest absolute Gasteiger partial charge is 0.278 e. The molecule has 3 rings (SSSR count). The third-order valence-electron chi connectivity index (χ3n) is 3.85. The Kier molecular flexibility index (Phi) is 6.50. The zero-order chi connectivity index (χ0) is 22.3. The van der Waals surface area contributed by atoms with Gasteiger partial charge in [0, 0.05) is 12.3 Å². The molecule has 2 aromatic heterocycles. The highest BCUT2D eigenvalue weighted by Crippen LogP contribution is 2.59. The van der Waals surface area contributed by atoms with Crippen molar-refractivity contribution in [2.24, 2.45) is 0 Å². The van der Waals surface area contributed by atoms with Crippen LogP contribution in [0.5, 0.6) is 0 Å². The number of nitrogens with one attached hydrogen (secondary N) is 1. The number of nitrogens with zero attached hydrogens (tertiary/aromatic N) is 3. The van der Waals surface area contributed by atoms with Crippen LogP contribution in [0.25, 0.3) is 11.2 Å². The molecule has 1 aliphatic rings.